The van der Waals surface area contributed by atoms with Gasteiger partial charge in [0.25, 0.3) is 0 Å². The molecule has 2 heterocycles. The Kier molecular flexibility index (Phi) is 3.00. The molecule has 21 heavy (non-hydrogen) atoms. The molecular formula is C18H18N2O. The van der Waals surface area contributed by atoms with Gasteiger partial charge < -0.3 is 10.1 Å². The van der Waals surface area contributed by atoms with Crippen LogP contribution in [0.5, 0.6) is 11.5 Å². The van der Waals surface area contributed by atoms with E-state index in [0.717, 1.165) is 31.0 Å². The van der Waals surface area contributed by atoms with E-state index >= 15 is 0 Å². The smallest absolute Gasteiger partial charge is 0.146 e. The van der Waals surface area contributed by atoms with Gasteiger partial charge in [0.15, 0.2) is 0 Å². The minimum atomic E-state index is 0.408. The quantitative estimate of drug-likeness (QED) is 0.930. The number of hydrogen-bond donors (Lipinski definition) is 1. The fraction of sp³-hybridized carbons (Fsp3) is 0.278. The summed E-state index contributed by atoms with van der Waals surface area (Å²) in [4.78, 5) is 4.34. The van der Waals surface area contributed by atoms with Crippen molar-refractivity contribution in [2.45, 2.75) is 12.8 Å². The van der Waals surface area contributed by atoms with Crippen LogP contribution in [0.4, 0.5) is 0 Å². The minimum absolute atomic E-state index is 0.408. The highest BCUT2D eigenvalue weighted by Gasteiger charge is 2.38. The summed E-state index contributed by atoms with van der Waals surface area (Å²) in [6, 6.07) is 11.9. The highest BCUT2D eigenvalue weighted by molar-refractivity contribution is 5.69. The number of para-hydroxylation sites is 1. The first-order valence-corrected chi connectivity index (χ1v) is 7.44. The molecule has 1 N–H and O–H groups in total. The summed E-state index contributed by atoms with van der Waals surface area (Å²) < 4.78 is 5.87. The second-order valence-corrected chi connectivity index (χ2v) is 5.96. The maximum absolute atomic E-state index is 5.87. The van der Waals surface area contributed by atoms with E-state index in [4.69, 9.17) is 4.74 Å². The molecule has 1 spiro atoms. The standard InChI is InChI=1S/C18H18N2O/c1-2-4-16(5-3-1)21-17-8-15(10-19-11-17)14-6-7-18(9-14)12-20-13-18/h1-5,8-11,20H,6-7,12-13H2. The third-order valence-electron chi connectivity index (χ3n) is 4.39. The molecule has 0 radical (unpaired) electrons. The van der Waals surface area contributed by atoms with Crippen LogP contribution in [0.3, 0.4) is 0 Å². The topological polar surface area (TPSA) is 34.1 Å². The van der Waals surface area contributed by atoms with Crippen molar-refractivity contribution in [2.24, 2.45) is 5.41 Å². The zero-order chi connectivity index (χ0) is 14.1. The van der Waals surface area contributed by atoms with Crippen LogP contribution in [0, 0.1) is 5.41 Å². The number of hydrogen-bond acceptors (Lipinski definition) is 3. The Morgan fingerprint density at radius 2 is 1.90 bits per heavy atom. The van der Waals surface area contributed by atoms with Crippen LogP contribution in [-0.2, 0) is 0 Å². The Balaban J connectivity index is 1.57. The van der Waals surface area contributed by atoms with Gasteiger partial charge in [-0.2, -0.15) is 0 Å². The van der Waals surface area contributed by atoms with E-state index in [1.54, 1.807) is 6.20 Å². The van der Waals surface area contributed by atoms with Crippen molar-refractivity contribution in [3.05, 3.63) is 60.4 Å². The maximum Gasteiger partial charge on any atom is 0.146 e. The summed E-state index contributed by atoms with van der Waals surface area (Å²) in [5, 5.41) is 3.38. The predicted octanol–water partition coefficient (Wildman–Crippen LogP) is 3.64. The largest absolute Gasteiger partial charge is 0.456 e. The molecule has 0 unspecified atom stereocenters. The van der Waals surface area contributed by atoms with Gasteiger partial charge in [0.2, 0.25) is 0 Å². The summed E-state index contributed by atoms with van der Waals surface area (Å²) in [6.07, 6.45) is 8.53. The van der Waals surface area contributed by atoms with Gasteiger partial charge in [-0.3, -0.25) is 4.98 Å². The van der Waals surface area contributed by atoms with Crippen LogP contribution in [0.2, 0.25) is 0 Å². The zero-order valence-corrected chi connectivity index (χ0v) is 11.9. The van der Waals surface area contributed by atoms with Crippen molar-refractivity contribution in [1.29, 1.82) is 0 Å². The van der Waals surface area contributed by atoms with Crippen LogP contribution in [0.1, 0.15) is 18.4 Å². The van der Waals surface area contributed by atoms with E-state index in [2.05, 4.69) is 22.4 Å². The van der Waals surface area contributed by atoms with Gasteiger partial charge >= 0.3 is 0 Å². The average molecular weight is 278 g/mol. The molecule has 1 aromatic carbocycles. The van der Waals surface area contributed by atoms with Gasteiger partial charge in [-0.05, 0) is 42.2 Å². The van der Waals surface area contributed by atoms with E-state index < -0.39 is 0 Å². The Morgan fingerprint density at radius 1 is 1.05 bits per heavy atom. The Bertz CT molecular complexity index is 675. The van der Waals surface area contributed by atoms with Crippen LogP contribution in [0.15, 0.2) is 54.9 Å². The van der Waals surface area contributed by atoms with Crippen LogP contribution < -0.4 is 10.1 Å². The van der Waals surface area contributed by atoms with Gasteiger partial charge in [-0.1, -0.05) is 24.3 Å². The van der Waals surface area contributed by atoms with Gasteiger partial charge in [0, 0.05) is 24.7 Å². The number of allylic oxidation sites excluding steroid dienone is 1. The molecule has 1 saturated heterocycles. The summed E-state index contributed by atoms with van der Waals surface area (Å²) in [7, 11) is 0. The van der Waals surface area contributed by atoms with Crippen molar-refractivity contribution in [3.63, 3.8) is 0 Å². The zero-order valence-electron chi connectivity index (χ0n) is 11.9. The summed E-state index contributed by atoms with van der Waals surface area (Å²) >= 11 is 0. The van der Waals surface area contributed by atoms with E-state index in [1.165, 1.54) is 17.6 Å². The Hall–Kier alpha value is -2.13. The fourth-order valence-electron chi connectivity index (χ4n) is 3.13. The molecule has 1 aliphatic heterocycles. The number of ether oxygens (including phenoxy) is 1. The number of nitrogens with zero attached hydrogens (tertiary/aromatic N) is 1. The molecule has 1 aromatic heterocycles. The molecule has 106 valence electrons. The molecule has 0 atom stereocenters. The molecule has 4 rings (SSSR count). The van der Waals surface area contributed by atoms with E-state index in [1.807, 2.05) is 36.5 Å². The number of benzene rings is 1. The Labute approximate surface area is 124 Å². The molecule has 0 amide bonds. The highest BCUT2D eigenvalue weighted by atomic mass is 16.5. The summed E-state index contributed by atoms with van der Waals surface area (Å²) in [6.45, 7) is 2.23. The molecule has 3 nitrogen and oxygen atoms in total. The van der Waals surface area contributed by atoms with Gasteiger partial charge in [-0.25, -0.2) is 0 Å². The number of aromatic nitrogens is 1. The lowest BCUT2D eigenvalue weighted by Crippen LogP contribution is -2.50. The summed E-state index contributed by atoms with van der Waals surface area (Å²) in [5.41, 5.74) is 3.00. The number of rotatable bonds is 3. The van der Waals surface area contributed by atoms with Gasteiger partial charge in [0.1, 0.15) is 11.5 Å². The van der Waals surface area contributed by atoms with Crippen LogP contribution >= 0.6 is 0 Å². The van der Waals surface area contributed by atoms with E-state index in [0.29, 0.717) is 5.41 Å². The predicted molar refractivity (Wildman–Crippen MR) is 83.3 cm³/mol. The second kappa shape index (κ2) is 5.01. The first-order valence-electron chi connectivity index (χ1n) is 7.44. The minimum Gasteiger partial charge on any atom is -0.456 e. The second-order valence-electron chi connectivity index (χ2n) is 5.96. The lowest BCUT2D eigenvalue weighted by molar-refractivity contribution is 0.236. The van der Waals surface area contributed by atoms with E-state index in [-0.39, 0.29) is 0 Å². The van der Waals surface area contributed by atoms with Crippen molar-refractivity contribution in [3.8, 4) is 11.5 Å². The number of pyridine rings is 1. The normalized spacial score (nSPS) is 19.1. The lowest BCUT2D eigenvalue weighted by atomic mass is 9.82. The molecule has 1 aliphatic carbocycles. The average Bonchev–Trinajstić information content (AvgIpc) is 2.94. The number of nitrogens with one attached hydrogen (secondary N) is 1. The van der Waals surface area contributed by atoms with Crippen LogP contribution in [-0.4, -0.2) is 18.1 Å². The molecule has 0 saturated carbocycles. The van der Waals surface area contributed by atoms with Crippen molar-refractivity contribution in [1.82, 2.24) is 10.3 Å². The van der Waals surface area contributed by atoms with Gasteiger partial charge in [0.05, 0.1) is 6.20 Å². The fourth-order valence-corrected chi connectivity index (χ4v) is 3.13. The van der Waals surface area contributed by atoms with Crippen molar-refractivity contribution in [2.75, 3.05) is 13.1 Å². The van der Waals surface area contributed by atoms with Crippen LogP contribution in [0.25, 0.3) is 5.57 Å². The van der Waals surface area contributed by atoms with Gasteiger partial charge in [-0.15, -0.1) is 0 Å². The third kappa shape index (κ3) is 2.45. The molecule has 2 aromatic rings. The van der Waals surface area contributed by atoms with E-state index in [9.17, 15) is 0 Å². The SMILES string of the molecule is C1=C(c2cncc(Oc3ccccc3)c2)CCC12CNC2. The van der Waals surface area contributed by atoms with Crippen molar-refractivity contribution < 1.29 is 4.74 Å². The highest BCUT2D eigenvalue weighted by Crippen LogP contribution is 2.43. The molecular weight excluding hydrogens is 260 g/mol. The molecule has 0 bridgehead atoms. The molecule has 3 heteroatoms. The van der Waals surface area contributed by atoms with Crippen molar-refractivity contribution >= 4 is 5.57 Å². The first-order chi connectivity index (χ1) is 10.3. The third-order valence-corrected chi connectivity index (χ3v) is 4.39. The lowest BCUT2D eigenvalue weighted by Gasteiger charge is -2.37. The monoisotopic (exact) mass is 278 g/mol. The first kappa shape index (κ1) is 12.6. The Morgan fingerprint density at radius 3 is 2.62 bits per heavy atom. The maximum atomic E-state index is 5.87. The summed E-state index contributed by atoms with van der Waals surface area (Å²) in [5.74, 6) is 1.64. The molecule has 1 fully saturated rings. The molecule has 2 aliphatic rings.